The van der Waals surface area contributed by atoms with Crippen molar-refractivity contribution >= 4 is 5.97 Å². The molecule has 0 saturated carbocycles. The molecule has 1 fully saturated rings. The average molecular weight is 532 g/mol. The molecule has 3 nitrogen and oxygen atoms in total. The second kappa shape index (κ2) is 13.6. The molecule has 3 rings (SSSR count). The number of alkyl halides is 3. The Hall–Kier alpha value is -2.34. The van der Waals surface area contributed by atoms with Crippen LogP contribution in [0, 0.1) is 11.8 Å². The third-order valence-corrected chi connectivity index (χ3v) is 7.52. The predicted octanol–water partition coefficient (Wildman–Crippen LogP) is 8.68. The van der Waals surface area contributed by atoms with Gasteiger partial charge in [-0.1, -0.05) is 58.0 Å². The number of halogens is 3. The van der Waals surface area contributed by atoms with Gasteiger partial charge in [0.25, 0.3) is 0 Å². The van der Waals surface area contributed by atoms with Crippen molar-refractivity contribution in [3.05, 3.63) is 59.2 Å². The monoisotopic (exact) mass is 531 g/mol. The first-order chi connectivity index (χ1) is 18.0. The number of rotatable bonds is 11. The van der Waals surface area contributed by atoms with Crippen molar-refractivity contribution in [3.8, 4) is 11.1 Å². The molecule has 6 heteroatoms. The molecule has 1 heterocycles. The average Bonchev–Trinajstić information content (AvgIpc) is 2.87. The summed E-state index contributed by atoms with van der Waals surface area (Å²) in [6, 6.07) is 11.6. The molecule has 1 saturated heterocycles. The number of hydrogen-bond acceptors (Lipinski definition) is 3. The van der Waals surface area contributed by atoms with Crippen molar-refractivity contribution in [1.29, 1.82) is 0 Å². The van der Waals surface area contributed by atoms with E-state index in [0.29, 0.717) is 18.9 Å². The van der Waals surface area contributed by atoms with E-state index in [9.17, 15) is 18.0 Å². The van der Waals surface area contributed by atoms with E-state index in [2.05, 4.69) is 44.7 Å². The van der Waals surface area contributed by atoms with Crippen LogP contribution in [0.5, 0.6) is 0 Å². The molecule has 0 radical (unpaired) electrons. The van der Waals surface area contributed by atoms with Gasteiger partial charge in [0.15, 0.2) is 0 Å². The van der Waals surface area contributed by atoms with Crippen LogP contribution in [0.2, 0.25) is 0 Å². The maximum atomic E-state index is 13.2. The standard InChI is InChI=1S/C32H44F3NO2/c1-6-38-31(37)30(18-23(4)5)28-20-26(24-9-11-29(12-10-24)32(33,34)35)19-27(21-28)25-13-16-36(17-14-25)15-7-8-22(2)3/h9-12,19-23,25,30H,6-8,13-18H2,1-5H3. The van der Waals surface area contributed by atoms with E-state index in [4.69, 9.17) is 4.74 Å². The van der Waals surface area contributed by atoms with Crippen molar-refractivity contribution in [3.63, 3.8) is 0 Å². The summed E-state index contributed by atoms with van der Waals surface area (Å²) in [7, 11) is 0. The highest BCUT2D eigenvalue weighted by Gasteiger charge is 2.30. The van der Waals surface area contributed by atoms with Gasteiger partial charge in [-0.05, 0) is 111 Å². The summed E-state index contributed by atoms with van der Waals surface area (Å²) in [5, 5.41) is 0. The summed E-state index contributed by atoms with van der Waals surface area (Å²) < 4.78 is 45.0. The Morgan fingerprint density at radius 3 is 2.18 bits per heavy atom. The first-order valence-electron chi connectivity index (χ1n) is 14.2. The number of carbonyl (C=O) groups is 1. The van der Waals surface area contributed by atoms with Crippen molar-refractivity contribution < 1.29 is 22.7 Å². The Morgan fingerprint density at radius 2 is 1.63 bits per heavy atom. The van der Waals surface area contributed by atoms with Crippen LogP contribution in [0.25, 0.3) is 11.1 Å². The van der Waals surface area contributed by atoms with Crippen LogP contribution in [0.1, 0.15) is 95.2 Å². The Balaban J connectivity index is 1.93. The zero-order chi connectivity index (χ0) is 27.9. The summed E-state index contributed by atoms with van der Waals surface area (Å²) in [5.41, 5.74) is 2.97. The Bertz CT molecular complexity index is 1020. The Labute approximate surface area is 226 Å². The largest absolute Gasteiger partial charge is 0.466 e. The van der Waals surface area contributed by atoms with Gasteiger partial charge in [-0.15, -0.1) is 0 Å². The molecule has 1 unspecified atom stereocenters. The maximum absolute atomic E-state index is 13.2. The maximum Gasteiger partial charge on any atom is 0.416 e. The molecule has 0 spiro atoms. The molecule has 0 aromatic heterocycles. The zero-order valence-electron chi connectivity index (χ0n) is 23.6. The third-order valence-electron chi connectivity index (χ3n) is 7.52. The SMILES string of the molecule is CCOC(=O)C(CC(C)C)c1cc(-c2ccc(C(F)(F)F)cc2)cc(C2CCN(CCCC(C)C)CC2)c1. The molecule has 1 aliphatic heterocycles. The van der Waals surface area contributed by atoms with Crippen LogP contribution in [0.4, 0.5) is 13.2 Å². The highest BCUT2D eigenvalue weighted by molar-refractivity contribution is 5.79. The summed E-state index contributed by atoms with van der Waals surface area (Å²) in [4.78, 5) is 15.5. The van der Waals surface area contributed by atoms with Crippen LogP contribution in [-0.4, -0.2) is 37.1 Å². The molecule has 0 amide bonds. The number of nitrogens with zero attached hydrogens (tertiary/aromatic N) is 1. The van der Waals surface area contributed by atoms with Gasteiger partial charge in [0.1, 0.15) is 0 Å². The van der Waals surface area contributed by atoms with Crippen LogP contribution in [-0.2, 0) is 15.7 Å². The normalized spacial score (nSPS) is 16.3. The predicted molar refractivity (Wildman–Crippen MR) is 148 cm³/mol. The number of ether oxygens (including phenoxy) is 1. The lowest BCUT2D eigenvalue weighted by Gasteiger charge is -2.33. The first-order valence-corrected chi connectivity index (χ1v) is 14.2. The number of carbonyl (C=O) groups excluding carboxylic acids is 1. The van der Waals surface area contributed by atoms with Crippen LogP contribution >= 0.6 is 0 Å². The van der Waals surface area contributed by atoms with Gasteiger partial charge in [0.05, 0.1) is 18.1 Å². The highest BCUT2D eigenvalue weighted by atomic mass is 19.4. The molecule has 38 heavy (non-hydrogen) atoms. The van der Waals surface area contributed by atoms with E-state index < -0.39 is 17.7 Å². The van der Waals surface area contributed by atoms with Gasteiger partial charge in [0.2, 0.25) is 0 Å². The lowest BCUT2D eigenvalue weighted by atomic mass is 9.82. The van der Waals surface area contributed by atoms with E-state index in [0.717, 1.165) is 72.8 Å². The molecule has 1 atom stereocenters. The molecule has 210 valence electrons. The fourth-order valence-corrected chi connectivity index (χ4v) is 5.43. The van der Waals surface area contributed by atoms with Crippen molar-refractivity contribution in [1.82, 2.24) is 4.90 Å². The molecule has 2 aromatic rings. The smallest absolute Gasteiger partial charge is 0.416 e. The van der Waals surface area contributed by atoms with Crippen LogP contribution in [0.3, 0.4) is 0 Å². The zero-order valence-corrected chi connectivity index (χ0v) is 23.6. The molecular formula is C32H44F3NO2. The molecular weight excluding hydrogens is 487 g/mol. The van der Waals surface area contributed by atoms with E-state index in [-0.39, 0.29) is 11.9 Å². The summed E-state index contributed by atoms with van der Waals surface area (Å²) in [6.45, 7) is 14.0. The summed E-state index contributed by atoms with van der Waals surface area (Å²) in [5.74, 6) is 0.719. The molecule has 0 N–H and O–H groups in total. The van der Waals surface area contributed by atoms with Crippen molar-refractivity contribution in [2.24, 2.45) is 11.8 Å². The molecule has 0 aliphatic carbocycles. The second-order valence-corrected chi connectivity index (χ2v) is 11.5. The fraction of sp³-hybridized carbons (Fsp3) is 0.594. The van der Waals surface area contributed by atoms with Crippen molar-refractivity contribution in [2.75, 3.05) is 26.2 Å². The van der Waals surface area contributed by atoms with E-state index in [1.165, 1.54) is 25.0 Å². The number of likely N-dealkylation sites (tertiary alicyclic amines) is 1. The van der Waals surface area contributed by atoms with Crippen LogP contribution in [0.15, 0.2) is 42.5 Å². The van der Waals surface area contributed by atoms with E-state index in [1.807, 2.05) is 13.0 Å². The summed E-state index contributed by atoms with van der Waals surface area (Å²) >= 11 is 0. The minimum absolute atomic E-state index is 0.239. The van der Waals surface area contributed by atoms with Crippen molar-refractivity contribution in [2.45, 2.75) is 84.7 Å². The van der Waals surface area contributed by atoms with Gasteiger partial charge >= 0.3 is 12.1 Å². The number of hydrogen-bond donors (Lipinski definition) is 0. The third kappa shape index (κ3) is 8.59. The fourth-order valence-electron chi connectivity index (χ4n) is 5.43. The van der Waals surface area contributed by atoms with E-state index in [1.54, 1.807) is 0 Å². The Kier molecular flexibility index (Phi) is 10.8. The number of benzene rings is 2. The molecule has 1 aliphatic rings. The quantitative estimate of drug-likeness (QED) is 0.272. The Morgan fingerprint density at radius 1 is 0.974 bits per heavy atom. The summed E-state index contributed by atoms with van der Waals surface area (Å²) in [6.07, 6.45) is 0.803. The lowest BCUT2D eigenvalue weighted by Crippen LogP contribution is -2.33. The van der Waals surface area contributed by atoms with Gasteiger partial charge < -0.3 is 9.64 Å². The minimum atomic E-state index is -4.37. The molecule has 2 aromatic carbocycles. The second-order valence-electron chi connectivity index (χ2n) is 11.5. The lowest BCUT2D eigenvalue weighted by molar-refractivity contribution is -0.145. The number of piperidine rings is 1. The first kappa shape index (κ1) is 30.2. The van der Waals surface area contributed by atoms with E-state index >= 15 is 0 Å². The highest BCUT2D eigenvalue weighted by Crippen LogP contribution is 2.37. The topological polar surface area (TPSA) is 29.5 Å². The van der Waals surface area contributed by atoms with Gasteiger partial charge in [-0.25, -0.2) is 0 Å². The van der Waals surface area contributed by atoms with Crippen LogP contribution < -0.4 is 0 Å². The van der Waals surface area contributed by atoms with Gasteiger partial charge in [-0.2, -0.15) is 13.2 Å². The van der Waals surface area contributed by atoms with Gasteiger partial charge in [-0.3, -0.25) is 4.79 Å². The molecule has 0 bridgehead atoms. The minimum Gasteiger partial charge on any atom is -0.466 e. The van der Waals surface area contributed by atoms with Gasteiger partial charge in [0, 0.05) is 0 Å². The number of esters is 1.